The molecule has 30 heavy (non-hydrogen) atoms. The highest BCUT2D eigenvalue weighted by Gasteiger charge is 2.21. The van der Waals surface area contributed by atoms with Crippen LogP contribution in [0.4, 0.5) is 0 Å². The molecule has 1 aliphatic carbocycles. The maximum absolute atomic E-state index is 12.4. The van der Waals surface area contributed by atoms with Gasteiger partial charge in [-0.1, -0.05) is 6.07 Å². The second kappa shape index (κ2) is 9.98. The van der Waals surface area contributed by atoms with Gasteiger partial charge >= 0.3 is 0 Å². The normalized spacial score (nSPS) is 18.7. The smallest absolute Gasteiger partial charge is 0.260 e. The van der Waals surface area contributed by atoms with E-state index < -0.39 is 0 Å². The number of rotatable bonds is 8. The van der Waals surface area contributed by atoms with Gasteiger partial charge in [0.2, 0.25) is 0 Å². The van der Waals surface area contributed by atoms with Gasteiger partial charge in [-0.25, -0.2) is 4.98 Å². The molecule has 2 N–H and O–H groups in total. The van der Waals surface area contributed by atoms with E-state index in [9.17, 15) is 4.79 Å². The molecule has 1 aromatic carbocycles. The average Bonchev–Trinajstić information content (AvgIpc) is 3.25. The van der Waals surface area contributed by atoms with Crippen molar-refractivity contribution in [3.8, 4) is 11.5 Å². The van der Waals surface area contributed by atoms with Gasteiger partial charge in [0.1, 0.15) is 0 Å². The summed E-state index contributed by atoms with van der Waals surface area (Å²) in [6, 6.07) is 6.41. The summed E-state index contributed by atoms with van der Waals surface area (Å²) >= 11 is 0. The average molecular weight is 413 g/mol. The number of benzene rings is 1. The Morgan fingerprint density at radius 3 is 2.93 bits per heavy atom. The van der Waals surface area contributed by atoms with Gasteiger partial charge in [0.25, 0.3) is 5.91 Å². The first kappa shape index (κ1) is 20.7. The number of imidazole rings is 1. The number of aromatic amines is 1. The molecule has 162 valence electrons. The van der Waals surface area contributed by atoms with Crippen molar-refractivity contribution in [1.29, 1.82) is 0 Å². The second-order valence-electron chi connectivity index (χ2n) is 8.09. The Balaban J connectivity index is 1.32. The van der Waals surface area contributed by atoms with Crippen LogP contribution in [0.2, 0.25) is 0 Å². The van der Waals surface area contributed by atoms with Crippen molar-refractivity contribution in [3.05, 3.63) is 41.5 Å². The second-order valence-corrected chi connectivity index (χ2v) is 8.09. The molecule has 1 saturated heterocycles. The predicted octanol–water partition coefficient (Wildman–Crippen LogP) is 2.85. The maximum Gasteiger partial charge on any atom is 0.260 e. The number of likely N-dealkylation sites (tertiary alicyclic amines) is 1. The third-order valence-corrected chi connectivity index (χ3v) is 5.95. The lowest BCUT2D eigenvalue weighted by Gasteiger charge is -2.26. The Kier molecular flexibility index (Phi) is 6.89. The molecule has 2 aromatic rings. The number of carbonyl (C=O) groups is 1. The number of carbonyl (C=O) groups excluding carboxylic acids is 1. The minimum absolute atomic E-state index is 0.0540. The number of amides is 1. The lowest BCUT2D eigenvalue weighted by atomic mass is 9.96. The molecule has 2 aliphatic rings. The topological polar surface area (TPSA) is 79.5 Å². The Hall–Kier alpha value is -2.54. The zero-order chi connectivity index (χ0) is 20.8. The van der Waals surface area contributed by atoms with Crippen LogP contribution in [0.1, 0.15) is 49.6 Å². The van der Waals surface area contributed by atoms with E-state index in [1.54, 1.807) is 6.33 Å². The number of nitrogens with zero attached hydrogens (tertiary/aromatic N) is 2. The van der Waals surface area contributed by atoms with Crippen LogP contribution in [0, 0.1) is 0 Å². The zero-order valence-corrected chi connectivity index (χ0v) is 17.8. The van der Waals surface area contributed by atoms with Crippen LogP contribution in [0.5, 0.6) is 11.5 Å². The van der Waals surface area contributed by atoms with Gasteiger partial charge in [0, 0.05) is 37.8 Å². The lowest BCUT2D eigenvalue weighted by molar-refractivity contribution is -0.134. The Morgan fingerprint density at radius 2 is 2.10 bits per heavy atom. The van der Waals surface area contributed by atoms with E-state index in [0.29, 0.717) is 24.1 Å². The molecule has 7 heteroatoms. The van der Waals surface area contributed by atoms with Crippen molar-refractivity contribution < 1.29 is 14.3 Å². The summed E-state index contributed by atoms with van der Waals surface area (Å²) in [4.78, 5) is 21.9. The molecule has 0 saturated carbocycles. The first-order chi connectivity index (χ1) is 14.7. The first-order valence-electron chi connectivity index (χ1n) is 11.1. The van der Waals surface area contributed by atoms with Gasteiger partial charge < -0.3 is 24.7 Å². The highest BCUT2D eigenvalue weighted by Crippen LogP contribution is 2.29. The van der Waals surface area contributed by atoms with Crippen LogP contribution in [0.3, 0.4) is 0 Å². The summed E-state index contributed by atoms with van der Waals surface area (Å²) in [7, 11) is 0. The monoisotopic (exact) mass is 412 g/mol. The SMILES string of the molecule is CCOc1cc(CNC2CCc3nc[nH]c3C2)ccc1OCC(=O)N1CCCCC1. The summed E-state index contributed by atoms with van der Waals surface area (Å²) < 4.78 is 11.6. The number of aryl methyl sites for hydroxylation is 1. The van der Waals surface area contributed by atoms with Gasteiger partial charge in [0.15, 0.2) is 18.1 Å². The molecule has 4 rings (SSSR count). The van der Waals surface area contributed by atoms with Crippen molar-refractivity contribution in [1.82, 2.24) is 20.2 Å². The van der Waals surface area contributed by atoms with Crippen molar-refractivity contribution in [3.63, 3.8) is 0 Å². The Bertz CT molecular complexity index is 845. The lowest BCUT2D eigenvalue weighted by Crippen LogP contribution is -2.38. The molecule has 0 radical (unpaired) electrons. The fraction of sp³-hybridized carbons (Fsp3) is 0.565. The molecule has 0 spiro atoms. The molecule has 1 aromatic heterocycles. The number of ether oxygens (including phenoxy) is 2. The van der Waals surface area contributed by atoms with Crippen LogP contribution < -0.4 is 14.8 Å². The number of nitrogens with one attached hydrogen (secondary N) is 2. The fourth-order valence-electron chi connectivity index (χ4n) is 4.26. The van der Waals surface area contributed by atoms with Crippen LogP contribution >= 0.6 is 0 Å². The fourth-order valence-corrected chi connectivity index (χ4v) is 4.26. The summed E-state index contributed by atoms with van der Waals surface area (Å²) in [6.07, 6.45) is 8.25. The van der Waals surface area contributed by atoms with Gasteiger partial charge in [-0.15, -0.1) is 0 Å². The van der Waals surface area contributed by atoms with Crippen molar-refractivity contribution >= 4 is 5.91 Å². The highest BCUT2D eigenvalue weighted by atomic mass is 16.5. The molecule has 1 amide bonds. The Morgan fingerprint density at radius 1 is 1.23 bits per heavy atom. The quantitative estimate of drug-likeness (QED) is 0.697. The van der Waals surface area contributed by atoms with E-state index in [1.807, 2.05) is 30.0 Å². The van der Waals surface area contributed by atoms with E-state index in [1.165, 1.54) is 17.8 Å². The highest BCUT2D eigenvalue weighted by molar-refractivity contribution is 5.78. The number of hydrogen-bond acceptors (Lipinski definition) is 5. The van der Waals surface area contributed by atoms with E-state index in [-0.39, 0.29) is 12.5 Å². The number of H-pyrrole nitrogens is 1. The third kappa shape index (κ3) is 5.14. The zero-order valence-electron chi connectivity index (χ0n) is 17.8. The van der Waals surface area contributed by atoms with Gasteiger partial charge in [-0.2, -0.15) is 0 Å². The largest absolute Gasteiger partial charge is 0.490 e. The van der Waals surface area contributed by atoms with E-state index in [0.717, 1.165) is 57.3 Å². The van der Waals surface area contributed by atoms with Crippen LogP contribution in [-0.2, 0) is 24.2 Å². The van der Waals surface area contributed by atoms with E-state index in [4.69, 9.17) is 9.47 Å². The first-order valence-corrected chi connectivity index (χ1v) is 11.1. The molecular weight excluding hydrogens is 380 g/mol. The molecule has 0 bridgehead atoms. The molecular formula is C23H32N4O3. The molecule has 1 unspecified atom stereocenters. The van der Waals surface area contributed by atoms with E-state index in [2.05, 4.69) is 15.3 Å². The minimum atomic E-state index is 0.0540. The standard InChI is InChI=1S/C23H32N4O3/c1-2-29-22-12-17(14-24-18-7-8-19-20(13-18)26-16-25-19)6-9-21(22)30-15-23(28)27-10-4-3-5-11-27/h6,9,12,16,18,24H,2-5,7-8,10-11,13-15H2,1H3,(H,25,26). The van der Waals surface area contributed by atoms with Gasteiger partial charge in [0.05, 0.1) is 18.6 Å². The number of hydrogen-bond donors (Lipinski definition) is 2. The van der Waals surface area contributed by atoms with E-state index >= 15 is 0 Å². The molecule has 1 fully saturated rings. The summed E-state index contributed by atoms with van der Waals surface area (Å²) in [5.74, 6) is 1.38. The van der Waals surface area contributed by atoms with Crippen LogP contribution in [0.15, 0.2) is 24.5 Å². The summed E-state index contributed by atoms with van der Waals surface area (Å²) in [5, 5.41) is 3.65. The van der Waals surface area contributed by atoms with Crippen molar-refractivity contribution in [2.45, 2.75) is 58.0 Å². The number of fused-ring (bicyclic) bond motifs is 1. The van der Waals surface area contributed by atoms with Crippen molar-refractivity contribution in [2.24, 2.45) is 0 Å². The summed E-state index contributed by atoms with van der Waals surface area (Å²) in [6.45, 7) is 5.02. The number of aromatic nitrogens is 2. The summed E-state index contributed by atoms with van der Waals surface area (Å²) in [5.41, 5.74) is 3.59. The molecule has 1 atom stereocenters. The van der Waals surface area contributed by atoms with Gasteiger partial charge in [-0.3, -0.25) is 4.79 Å². The molecule has 2 heterocycles. The maximum atomic E-state index is 12.4. The molecule has 7 nitrogen and oxygen atoms in total. The van der Waals surface area contributed by atoms with Gasteiger partial charge in [-0.05, 0) is 56.7 Å². The van der Waals surface area contributed by atoms with Crippen molar-refractivity contribution in [2.75, 3.05) is 26.3 Å². The number of piperidine rings is 1. The van der Waals surface area contributed by atoms with Crippen LogP contribution in [-0.4, -0.2) is 53.1 Å². The molecule has 1 aliphatic heterocycles. The van der Waals surface area contributed by atoms with Crippen LogP contribution in [0.25, 0.3) is 0 Å². The Labute approximate surface area is 178 Å². The third-order valence-electron chi connectivity index (χ3n) is 5.95. The minimum Gasteiger partial charge on any atom is -0.490 e. The predicted molar refractivity (Wildman–Crippen MR) is 115 cm³/mol.